The number of sulfonamides is 1. The maximum Gasteiger partial charge on any atom is 0.303 e. The van der Waals surface area contributed by atoms with Crippen molar-refractivity contribution in [2.24, 2.45) is 0 Å². The van der Waals surface area contributed by atoms with Gasteiger partial charge in [0, 0.05) is 12.1 Å². The maximum atomic E-state index is 12.2. The van der Waals surface area contributed by atoms with E-state index in [1.54, 1.807) is 31.2 Å². The second kappa shape index (κ2) is 5.96. The first-order valence-electron chi connectivity index (χ1n) is 6.22. The van der Waals surface area contributed by atoms with Crippen molar-refractivity contribution >= 4 is 21.7 Å². The largest absolute Gasteiger partial charge is 0.481 e. The van der Waals surface area contributed by atoms with Crippen LogP contribution in [0.4, 0.5) is 5.69 Å². The van der Waals surface area contributed by atoms with Crippen LogP contribution < -0.4 is 4.72 Å². The zero-order valence-corrected chi connectivity index (χ0v) is 12.1. The van der Waals surface area contributed by atoms with E-state index in [9.17, 15) is 13.2 Å². The highest BCUT2D eigenvalue weighted by Crippen LogP contribution is 2.19. The molecule has 1 aromatic heterocycles. The van der Waals surface area contributed by atoms with Crippen LogP contribution in [0, 0.1) is 6.92 Å². The quantitative estimate of drug-likeness (QED) is 0.749. The molecule has 21 heavy (non-hydrogen) atoms. The summed E-state index contributed by atoms with van der Waals surface area (Å²) in [4.78, 5) is 10.6. The zero-order valence-electron chi connectivity index (χ0n) is 11.3. The molecule has 0 aliphatic rings. The maximum absolute atomic E-state index is 12.2. The van der Waals surface area contributed by atoms with Gasteiger partial charge in [-0.05, 0) is 31.0 Å². The summed E-state index contributed by atoms with van der Waals surface area (Å²) in [5.41, 5.74) is 1.59. The molecule has 0 saturated carbocycles. The lowest BCUT2D eigenvalue weighted by atomic mass is 10.1. The Balaban J connectivity index is 2.18. The average molecular weight is 309 g/mol. The van der Waals surface area contributed by atoms with Crippen molar-refractivity contribution in [2.75, 3.05) is 4.72 Å². The number of carboxylic acid groups (broad SMARTS) is 1. The van der Waals surface area contributed by atoms with Crippen LogP contribution in [0.25, 0.3) is 0 Å². The Labute approximate surface area is 122 Å². The topological polar surface area (TPSA) is 112 Å². The number of H-pyrrole nitrogens is 1. The summed E-state index contributed by atoms with van der Waals surface area (Å²) in [7, 11) is -3.71. The second-order valence-electron chi connectivity index (χ2n) is 4.56. The van der Waals surface area contributed by atoms with Gasteiger partial charge in [0.1, 0.15) is 4.90 Å². The molecule has 3 N–H and O–H groups in total. The Morgan fingerprint density at radius 2 is 2.19 bits per heavy atom. The van der Waals surface area contributed by atoms with Crippen molar-refractivity contribution in [3.05, 3.63) is 41.7 Å². The molecular formula is C13H15N3O4S. The van der Waals surface area contributed by atoms with E-state index in [0.29, 0.717) is 17.8 Å². The van der Waals surface area contributed by atoms with Gasteiger partial charge >= 0.3 is 5.97 Å². The van der Waals surface area contributed by atoms with Crippen LogP contribution in [0.1, 0.15) is 17.7 Å². The molecule has 2 rings (SSSR count). The molecule has 0 unspecified atom stereocenters. The standard InChI is InChI=1S/C13H15N3O4S/c1-9-12(8-14-15-9)21(19,20)16-11-4-2-3-10(7-11)5-6-13(17)18/h2-4,7-8,16H,5-6H2,1H3,(H,14,15)(H,17,18). The van der Waals surface area contributed by atoms with Gasteiger partial charge in [-0.3, -0.25) is 14.6 Å². The van der Waals surface area contributed by atoms with Gasteiger partial charge in [-0.1, -0.05) is 12.1 Å². The second-order valence-corrected chi connectivity index (χ2v) is 6.21. The van der Waals surface area contributed by atoms with Crippen molar-refractivity contribution < 1.29 is 18.3 Å². The molecule has 1 heterocycles. The molecule has 0 amide bonds. The van der Waals surface area contributed by atoms with E-state index in [1.165, 1.54) is 6.20 Å². The highest BCUT2D eigenvalue weighted by atomic mass is 32.2. The minimum atomic E-state index is -3.71. The number of anilines is 1. The van der Waals surface area contributed by atoms with Crippen LogP contribution in [-0.4, -0.2) is 29.7 Å². The number of rotatable bonds is 6. The lowest BCUT2D eigenvalue weighted by Crippen LogP contribution is -2.13. The number of carboxylic acids is 1. The van der Waals surface area contributed by atoms with E-state index in [-0.39, 0.29) is 11.3 Å². The third-order valence-electron chi connectivity index (χ3n) is 2.88. The fourth-order valence-corrected chi connectivity index (χ4v) is 3.05. The Kier molecular flexibility index (Phi) is 4.27. The Bertz CT molecular complexity index is 752. The predicted octanol–water partition coefficient (Wildman–Crippen LogP) is 1.54. The van der Waals surface area contributed by atoms with Gasteiger partial charge in [0.25, 0.3) is 10.0 Å². The number of aliphatic carboxylic acids is 1. The number of aromatic amines is 1. The molecule has 0 aliphatic carbocycles. The van der Waals surface area contributed by atoms with E-state index in [1.807, 2.05) is 0 Å². The van der Waals surface area contributed by atoms with E-state index in [4.69, 9.17) is 5.11 Å². The third kappa shape index (κ3) is 3.82. The molecule has 8 heteroatoms. The van der Waals surface area contributed by atoms with Crippen LogP contribution in [-0.2, 0) is 21.2 Å². The van der Waals surface area contributed by atoms with Crippen molar-refractivity contribution in [1.29, 1.82) is 0 Å². The number of hydrogen-bond donors (Lipinski definition) is 3. The lowest BCUT2D eigenvalue weighted by molar-refractivity contribution is -0.136. The van der Waals surface area contributed by atoms with Crippen LogP contribution >= 0.6 is 0 Å². The Morgan fingerprint density at radius 3 is 2.81 bits per heavy atom. The number of aryl methyl sites for hydroxylation is 2. The first-order valence-corrected chi connectivity index (χ1v) is 7.70. The van der Waals surface area contributed by atoms with Gasteiger partial charge in [0.05, 0.1) is 11.9 Å². The summed E-state index contributed by atoms with van der Waals surface area (Å²) in [5.74, 6) is -0.894. The minimum Gasteiger partial charge on any atom is -0.481 e. The van der Waals surface area contributed by atoms with Gasteiger partial charge < -0.3 is 5.11 Å². The molecular weight excluding hydrogens is 294 g/mol. The zero-order chi connectivity index (χ0) is 15.5. The molecule has 1 aromatic carbocycles. The highest BCUT2D eigenvalue weighted by Gasteiger charge is 2.18. The molecule has 7 nitrogen and oxygen atoms in total. The normalized spacial score (nSPS) is 11.3. The van der Waals surface area contributed by atoms with Gasteiger partial charge in [-0.15, -0.1) is 0 Å². The summed E-state index contributed by atoms with van der Waals surface area (Å²) in [6.07, 6.45) is 1.58. The van der Waals surface area contributed by atoms with Crippen LogP contribution in [0.5, 0.6) is 0 Å². The fraction of sp³-hybridized carbons (Fsp3) is 0.231. The molecule has 0 bridgehead atoms. The van der Waals surface area contributed by atoms with Crippen LogP contribution in [0.2, 0.25) is 0 Å². The van der Waals surface area contributed by atoms with Crippen molar-refractivity contribution in [3.63, 3.8) is 0 Å². The number of nitrogens with one attached hydrogen (secondary N) is 2. The Hall–Kier alpha value is -2.35. The molecule has 0 fully saturated rings. The molecule has 0 radical (unpaired) electrons. The number of nitrogens with zero attached hydrogens (tertiary/aromatic N) is 1. The third-order valence-corrected chi connectivity index (χ3v) is 4.37. The Morgan fingerprint density at radius 1 is 1.43 bits per heavy atom. The number of benzene rings is 1. The van der Waals surface area contributed by atoms with E-state index in [2.05, 4.69) is 14.9 Å². The van der Waals surface area contributed by atoms with E-state index < -0.39 is 16.0 Å². The molecule has 112 valence electrons. The van der Waals surface area contributed by atoms with E-state index >= 15 is 0 Å². The van der Waals surface area contributed by atoms with Gasteiger partial charge in [-0.2, -0.15) is 5.10 Å². The number of aromatic nitrogens is 2. The van der Waals surface area contributed by atoms with E-state index in [0.717, 1.165) is 5.56 Å². The van der Waals surface area contributed by atoms with Crippen LogP contribution in [0.3, 0.4) is 0 Å². The first-order chi connectivity index (χ1) is 9.88. The number of hydrogen-bond acceptors (Lipinski definition) is 4. The summed E-state index contributed by atoms with van der Waals surface area (Å²) in [5, 5.41) is 14.9. The predicted molar refractivity (Wildman–Crippen MR) is 76.5 cm³/mol. The van der Waals surface area contributed by atoms with Gasteiger partial charge in [-0.25, -0.2) is 8.42 Å². The number of carbonyl (C=O) groups is 1. The minimum absolute atomic E-state index is 0.00293. The smallest absolute Gasteiger partial charge is 0.303 e. The monoisotopic (exact) mass is 309 g/mol. The van der Waals surface area contributed by atoms with Gasteiger partial charge in [0.2, 0.25) is 0 Å². The first kappa shape index (κ1) is 15.0. The summed E-state index contributed by atoms with van der Waals surface area (Å²) >= 11 is 0. The fourth-order valence-electron chi connectivity index (χ4n) is 1.86. The molecule has 2 aromatic rings. The average Bonchev–Trinajstić information content (AvgIpc) is 2.83. The summed E-state index contributed by atoms with van der Waals surface area (Å²) in [6.45, 7) is 1.62. The summed E-state index contributed by atoms with van der Waals surface area (Å²) in [6, 6.07) is 6.66. The van der Waals surface area contributed by atoms with Crippen molar-refractivity contribution in [1.82, 2.24) is 10.2 Å². The molecule has 0 spiro atoms. The molecule has 0 atom stereocenters. The van der Waals surface area contributed by atoms with Crippen molar-refractivity contribution in [2.45, 2.75) is 24.7 Å². The highest BCUT2D eigenvalue weighted by molar-refractivity contribution is 7.92. The summed E-state index contributed by atoms with van der Waals surface area (Å²) < 4.78 is 26.8. The SMILES string of the molecule is Cc1[nH]ncc1S(=O)(=O)Nc1cccc(CCC(=O)O)c1. The van der Waals surface area contributed by atoms with Crippen molar-refractivity contribution in [3.8, 4) is 0 Å². The molecule has 0 saturated heterocycles. The lowest BCUT2D eigenvalue weighted by Gasteiger charge is -2.08. The molecule has 0 aliphatic heterocycles. The van der Waals surface area contributed by atoms with Gasteiger partial charge in [0.15, 0.2) is 0 Å². The van der Waals surface area contributed by atoms with Crippen LogP contribution in [0.15, 0.2) is 35.4 Å².